The van der Waals surface area contributed by atoms with Gasteiger partial charge in [-0.05, 0) is 20.0 Å². The van der Waals surface area contributed by atoms with Gasteiger partial charge in [0, 0.05) is 12.6 Å². The number of nitrogens with zero attached hydrogens (tertiary/aromatic N) is 3. The molecule has 0 spiro atoms. The van der Waals surface area contributed by atoms with Gasteiger partial charge in [-0.2, -0.15) is 0 Å². The predicted octanol–water partition coefficient (Wildman–Crippen LogP) is 2.64. The molecule has 1 atom stereocenters. The molecule has 1 aromatic rings. The number of likely N-dealkylation sites (N-methyl/N-ethyl adjacent to an activating group) is 1. The third-order valence-corrected chi connectivity index (χ3v) is 2.88. The lowest BCUT2D eigenvalue weighted by Gasteiger charge is -2.26. The van der Waals surface area contributed by atoms with E-state index in [1.165, 1.54) is 12.1 Å². The lowest BCUT2D eigenvalue weighted by molar-refractivity contribution is -0.384. The maximum absolute atomic E-state index is 10.8. The summed E-state index contributed by atoms with van der Waals surface area (Å²) in [5, 5.41) is 14.1. The molecule has 0 aliphatic carbocycles. The Morgan fingerprint density at radius 3 is 2.58 bits per heavy atom. The minimum absolute atomic E-state index is 0.0603. The van der Waals surface area contributed by atoms with Crippen LogP contribution in [0, 0.1) is 16.0 Å². The molecule has 0 saturated carbocycles. The summed E-state index contributed by atoms with van der Waals surface area (Å²) >= 11 is 5.80. The second kappa shape index (κ2) is 6.68. The molecule has 1 unspecified atom stereocenters. The Balaban J connectivity index is 2.92. The summed E-state index contributed by atoms with van der Waals surface area (Å²) < 4.78 is 0. The Labute approximate surface area is 117 Å². The topological polar surface area (TPSA) is 71.3 Å². The van der Waals surface area contributed by atoms with Crippen LogP contribution in [0.1, 0.15) is 13.8 Å². The molecule has 106 valence electrons. The van der Waals surface area contributed by atoms with E-state index in [0.717, 1.165) is 6.54 Å². The summed E-state index contributed by atoms with van der Waals surface area (Å²) in [7, 11) is 3.95. The van der Waals surface area contributed by atoms with Crippen LogP contribution < -0.4 is 5.32 Å². The van der Waals surface area contributed by atoms with Gasteiger partial charge in [0.25, 0.3) is 5.69 Å². The molecule has 1 heterocycles. The van der Waals surface area contributed by atoms with Crippen LogP contribution in [-0.2, 0) is 0 Å². The highest BCUT2D eigenvalue weighted by molar-refractivity contribution is 6.29. The number of hydrogen-bond donors (Lipinski definition) is 1. The van der Waals surface area contributed by atoms with E-state index in [0.29, 0.717) is 11.7 Å². The van der Waals surface area contributed by atoms with Gasteiger partial charge < -0.3 is 10.2 Å². The van der Waals surface area contributed by atoms with Gasteiger partial charge in [-0.25, -0.2) is 4.98 Å². The molecular weight excluding hydrogens is 268 g/mol. The highest BCUT2D eigenvalue weighted by Gasteiger charge is 2.17. The van der Waals surface area contributed by atoms with Crippen LogP contribution >= 0.6 is 11.6 Å². The summed E-state index contributed by atoms with van der Waals surface area (Å²) in [6.45, 7) is 4.97. The minimum Gasteiger partial charge on any atom is -0.366 e. The van der Waals surface area contributed by atoms with Crippen molar-refractivity contribution in [3.63, 3.8) is 0 Å². The van der Waals surface area contributed by atoms with E-state index in [1.807, 2.05) is 14.1 Å². The largest absolute Gasteiger partial charge is 0.366 e. The SMILES string of the molecule is CC(C)C(CN(C)C)Nc1cc([N+](=O)[O-])cc(Cl)n1. The standard InChI is InChI=1S/C12H19ClN4O2/c1-8(2)10(7-16(3)4)14-12-6-9(17(18)19)5-11(13)15-12/h5-6,8,10H,7H2,1-4H3,(H,14,15). The van der Waals surface area contributed by atoms with Crippen molar-refractivity contribution < 1.29 is 4.92 Å². The minimum atomic E-state index is -0.477. The van der Waals surface area contributed by atoms with Crippen LogP contribution in [0.15, 0.2) is 12.1 Å². The number of hydrogen-bond acceptors (Lipinski definition) is 5. The molecule has 0 aliphatic rings. The Bertz CT molecular complexity index is 451. The fourth-order valence-corrected chi connectivity index (χ4v) is 1.87. The summed E-state index contributed by atoms with van der Waals surface area (Å²) in [6, 6.07) is 2.78. The van der Waals surface area contributed by atoms with Crippen molar-refractivity contribution in [1.82, 2.24) is 9.88 Å². The van der Waals surface area contributed by atoms with E-state index in [2.05, 4.69) is 29.0 Å². The van der Waals surface area contributed by atoms with Crippen molar-refractivity contribution in [2.75, 3.05) is 26.0 Å². The molecule has 6 nitrogen and oxygen atoms in total. The van der Waals surface area contributed by atoms with Crippen molar-refractivity contribution >= 4 is 23.1 Å². The Kier molecular flexibility index (Phi) is 5.50. The molecule has 0 radical (unpaired) electrons. The fourth-order valence-electron chi connectivity index (χ4n) is 1.67. The van der Waals surface area contributed by atoms with E-state index >= 15 is 0 Å². The molecule has 1 N–H and O–H groups in total. The van der Waals surface area contributed by atoms with Crippen molar-refractivity contribution in [1.29, 1.82) is 0 Å². The fraction of sp³-hybridized carbons (Fsp3) is 0.583. The molecule has 19 heavy (non-hydrogen) atoms. The first-order valence-corrected chi connectivity index (χ1v) is 6.40. The molecule has 0 bridgehead atoms. The summed E-state index contributed by atoms with van der Waals surface area (Å²) in [6.07, 6.45) is 0. The van der Waals surface area contributed by atoms with Crippen LogP contribution in [0.4, 0.5) is 11.5 Å². The van der Waals surface area contributed by atoms with Crippen molar-refractivity contribution in [3.8, 4) is 0 Å². The van der Waals surface area contributed by atoms with E-state index in [4.69, 9.17) is 11.6 Å². The van der Waals surface area contributed by atoms with Crippen molar-refractivity contribution in [3.05, 3.63) is 27.4 Å². The summed E-state index contributed by atoms with van der Waals surface area (Å²) in [5.74, 6) is 0.794. The molecule has 0 aromatic carbocycles. The molecule has 0 amide bonds. The highest BCUT2D eigenvalue weighted by atomic mass is 35.5. The van der Waals surface area contributed by atoms with Crippen LogP contribution in [0.3, 0.4) is 0 Å². The molecule has 1 aromatic heterocycles. The van der Waals surface area contributed by atoms with Gasteiger partial charge in [0.05, 0.1) is 17.1 Å². The molecule has 0 fully saturated rings. The molecule has 7 heteroatoms. The highest BCUT2D eigenvalue weighted by Crippen LogP contribution is 2.22. The van der Waals surface area contributed by atoms with Crippen LogP contribution in [0.25, 0.3) is 0 Å². The van der Waals surface area contributed by atoms with Crippen LogP contribution in [0.5, 0.6) is 0 Å². The number of pyridine rings is 1. The summed E-state index contributed by atoms with van der Waals surface area (Å²) in [4.78, 5) is 16.4. The molecular formula is C12H19ClN4O2. The monoisotopic (exact) mass is 286 g/mol. The zero-order chi connectivity index (χ0) is 14.6. The van der Waals surface area contributed by atoms with Gasteiger partial charge in [0.1, 0.15) is 11.0 Å². The zero-order valence-electron chi connectivity index (χ0n) is 11.6. The molecule has 1 rings (SSSR count). The second-order valence-corrected chi connectivity index (χ2v) is 5.43. The van der Waals surface area contributed by atoms with Crippen LogP contribution in [0.2, 0.25) is 5.15 Å². The van der Waals surface area contributed by atoms with Gasteiger partial charge in [0.15, 0.2) is 0 Å². The van der Waals surface area contributed by atoms with E-state index < -0.39 is 4.92 Å². The maximum Gasteiger partial charge on any atom is 0.276 e. The normalized spacial score (nSPS) is 12.8. The first kappa shape index (κ1) is 15.7. The number of nitro groups is 1. The smallest absolute Gasteiger partial charge is 0.276 e. The lowest BCUT2D eigenvalue weighted by Crippen LogP contribution is -2.36. The van der Waals surface area contributed by atoms with E-state index in [-0.39, 0.29) is 16.9 Å². The first-order valence-electron chi connectivity index (χ1n) is 6.03. The summed E-state index contributed by atoms with van der Waals surface area (Å²) in [5.41, 5.74) is -0.0603. The van der Waals surface area contributed by atoms with Gasteiger partial charge in [0.2, 0.25) is 0 Å². The Morgan fingerprint density at radius 2 is 2.11 bits per heavy atom. The number of aromatic nitrogens is 1. The quantitative estimate of drug-likeness (QED) is 0.494. The number of rotatable bonds is 6. The van der Waals surface area contributed by atoms with Crippen molar-refractivity contribution in [2.45, 2.75) is 19.9 Å². The molecule has 0 saturated heterocycles. The average Bonchev–Trinajstić information content (AvgIpc) is 2.26. The first-order chi connectivity index (χ1) is 8.79. The van der Waals surface area contributed by atoms with E-state index in [1.54, 1.807) is 0 Å². The predicted molar refractivity (Wildman–Crippen MR) is 76.7 cm³/mol. The third kappa shape index (κ3) is 5.00. The zero-order valence-corrected chi connectivity index (χ0v) is 12.3. The van der Waals surface area contributed by atoms with Gasteiger partial charge in [-0.1, -0.05) is 25.4 Å². The maximum atomic E-state index is 10.8. The lowest BCUT2D eigenvalue weighted by atomic mass is 10.0. The van der Waals surface area contributed by atoms with E-state index in [9.17, 15) is 10.1 Å². The van der Waals surface area contributed by atoms with Crippen LogP contribution in [-0.4, -0.2) is 41.5 Å². The van der Waals surface area contributed by atoms with Gasteiger partial charge >= 0.3 is 0 Å². The number of nitrogens with one attached hydrogen (secondary N) is 1. The Hall–Kier alpha value is -1.40. The number of anilines is 1. The van der Waals surface area contributed by atoms with Gasteiger partial charge in [-0.15, -0.1) is 0 Å². The van der Waals surface area contributed by atoms with Gasteiger partial charge in [-0.3, -0.25) is 10.1 Å². The second-order valence-electron chi connectivity index (χ2n) is 5.05. The molecule has 0 aliphatic heterocycles. The average molecular weight is 287 g/mol. The Morgan fingerprint density at radius 1 is 1.47 bits per heavy atom. The third-order valence-electron chi connectivity index (χ3n) is 2.69. The number of halogens is 1. The van der Waals surface area contributed by atoms with Crippen molar-refractivity contribution in [2.24, 2.45) is 5.92 Å².